The molecule has 14 heavy (non-hydrogen) atoms. The Balaban J connectivity index is 2.01. The zero-order valence-electron chi connectivity index (χ0n) is 8.20. The van der Waals surface area contributed by atoms with Crippen molar-refractivity contribution in [3.63, 3.8) is 0 Å². The van der Waals surface area contributed by atoms with Crippen molar-refractivity contribution >= 4 is 11.2 Å². The third kappa shape index (κ3) is 1.25. The number of nitrogens with one attached hydrogen (secondary N) is 1. The zero-order chi connectivity index (χ0) is 9.54. The standard InChI is InChI=1S/C11H13N3/c1-8-12-7-11-6-10(4-5-14(8)11)13-9-2-3-9/h4-7,9,13H,2-3H2,1H3. The maximum Gasteiger partial charge on any atom is 0.110 e. The summed E-state index contributed by atoms with van der Waals surface area (Å²) in [6.07, 6.45) is 6.60. The second kappa shape index (κ2) is 2.74. The lowest BCUT2D eigenvalue weighted by molar-refractivity contribution is 1.04. The molecule has 72 valence electrons. The maximum atomic E-state index is 4.27. The van der Waals surface area contributed by atoms with Gasteiger partial charge in [0, 0.05) is 17.9 Å². The summed E-state index contributed by atoms with van der Waals surface area (Å²) >= 11 is 0. The molecule has 0 aliphatic heterocycles. The summed E-state index contributed by atoms with van der Waals surface area (Å²) < 4.78 is 2.10. The molecule has 0 radical (unpaired) electrons. The SMILES string of the molecule is Cc1ncc2cc(NC3CC3)ccn12. The van der Waals surface area contributed by atoms with Gasteiger partial charge >= 0.3 is 0 Å². The lowest BCUT2D eigenvalue weighted by Crippen LogP contribution is -2.01. The van der Waals surface area contributed by atoms with Gasteiger partial charge in [0.05, 0.1) is 11.7 Å². The van der Waals surface area contributed by atoms with Gasteiger partial charge in [-0.1, -0.05) is 0 Å². The molecule has 1 N–H and O–H groups in total. The first-order valence-electron chi connectivity index (χ1n) is 5.03. The van der Waals surface area contributed by atoms with Crippen molar-refractivity contribution in [1.82, 2.24) is 9.38 Å². The van der Waals surface area contributed by atoms with Crippen molar-refractivity contribution < 1.29 is 0 Å². The fourth-order valence-electron chi connectivity index (χ4n) is 1.69. The second-order valence-electron chi connectivity index (χ2n) is 3.93. The largest absolute Gasteiger partial charge is 0.382 e. The number of nitrogens with zero attached hydrogens (tertiary/aromatic N) is 2. The Morgan fingerprint density at radius 1 is 1.50 bits per heavy atom. The molecule has 2 aromatic rings. The van der Waals surface area contributed by atoms with Gasteiger partial charge in [-0.3, -0.25) is 0 Å². The zero-order valence-corrected chi connectivity index (χ0v) is 8.20. The summed E-state index contributed by atoms with van der Waals surface area (Å²) in [5, 5.41) is 3.48. The molecule has 1 aliphatic rings. The van der Waals surface area contributed by atoms with Gasteiger partial charge in [-0.15, -0.1) is 0 Å². The van der Waals surface area contributed by atoms with Crippen LogP contribution in [-0.2, 0) is 0 Å². The Kier molecular flexibility index (Phi) is 1.54. The number of aromatic nitrogens is 2. The molecular weight excluding hydrogens is 174 g/mol. The van der Waals surface area contributed by atoms with Gasteiger partial charge in [-0.05, 0) is 31.9 Å². The van der Waals surface area contributed by atoms with Crippen molar-refractivity contribution in [3.8, 4) is 0 Å². The quantitative estimate of drug-likeness (QED) is 0.781. The molecule has 0 bridgehead atoms. The highest BCUT2D eigenvalue weighted by Gasteiger charge is 2.20. The van der Waals surface area contributed by atoms with Crippen LogP contribution in [0.3, 0.4) is 0 Å². The molecule has 3 nitrogen and oxygen atoms in total. The smallest absolute Gasteiger partial charge is 0.110 e. The van der Waals surface area contributed by atoms with Crippen LogP contribution in [0.15, 0.2) is 24.5 Å². The Morgan fingerprint density at radius 3 is 3.14 bits per heavy atom. The number of anilines is 1. The minimum Gasteiger partial charge on any atom is -0.382 e. The number of pyridine rings is 1. The average Bonchev–Trinajstić information content (AvgIpc) is 2.92. The number of hydrogen-bond acceptors (Lipinski definition) is 2. The summed E-state index contributed by atoms with van der Waals surface area (Å²) in [4.78, 5) is 4.27. The van der Waals surface area contributed by atoms with Crippen LogP contribution in [0.25, 0.3) is 5.52 Å². The van der Waals surface area contributed by atoms with Crippen molar-refractivity contribution in [2.75, 3.05) is 5.32 Å². The number of fused-ring (bicyclic) bond motifs is 1. The topological polar surface area (TPSA) is 29.3 Å². The summed E-state index contributed by atoms with van der Waals surface area (Å²) in [7, 11) is 0. The van der Waals surface area contributed by atoms with Gasteiger partial charge in [-0.25, -0.2) is 4.98 Å². The lowest BCUT2D eigenvalue weighted by atomic mass is 10.3. The lowest BCUT2D eigenvalue weighted by Gasteiger charge is -2.04. The van der Waals surface area contributed by atoms with Gasteiger partial charge < -0.3 is 9.72 Å². The Labute approximate surface area is 82.8 Å². The number of rotatable bonds is 2. The van der Waals surface area contributed by atoms with Gasteiger partial charge in [0.25, 0.3) is 0 Å². The fourth-order valence-corrected chi connectivity index (χ4v) is 1.69. The molecule has 2 aromatic heterocycles. The van der Waals surface area contributed by atoms with E-state index in [2.05, 4.69) is 33.0 Å². The van der Waals surface area contributed by atoms with Gasteiger partial charge in [-0.2, -0.15) is 0 Å². The monoisotopic (exact) mass is 187 g/mol. The molecule has 0 spiro atoms. The van der Waals surface area contributed by atoms with E-state index in [1.807, 2.05) is 13.1 Å². The van der Waals surface area contributed by atoms with Crippen LogP contribution < -0.4 is 5.32 Å². The van der Waals surface area contributed by atoms with Crippen LogP contribution in [-0.4, -0.2) is 15.4 Å². The number of hydrogen-bond donors (Lipinski definition) is 1. The van der Waals surface area contributed by atoms with Crippen LogP contribution in [0.2, 0.25) is 0 Å². The normalized spacial score (nSPS) is 16.1. The van der Waals surface area contributed by atoms with Gasteiger partial charge in [0.1, 0.15) is 5.82 Å². The predicted octanol–water partition coefficient (Wildman–Crippen LogP) is 2.22. The maximum absolute atomic E-state index is 4.27. The molecule has 0 unspecified atom stereocenters. The Morgan fingerprint density at radius 2 is 2.36 bits per heavy atom. The summed E-state index contributed by atoms with van der Waals surface area (Å²) in [6, 6.07) is 4.97. The molecule has 0 amide bonds. The van der Waals surface area contributed by atoms with Crippen LogP contribution in [0.4, 0.5) is 5.69 Å². The van der Waals surface area contributed by atoms with Gasteiger partial charge in [0.15, 0.2) is 0 Å². The van der Waals surface area contributed by atoms with E-state index < -0.39 is 0 Å². The Hall–Kier alpha value is -1.51. The molecule has 0 atom stereocenters. The van der Waals surface area contributed by atoms with Crippen LogP contribution in [0.5, 0.6) is 0 Å². The molecule has 3 heteroatoms. The Bertz CT molecular complexity index is 468. The van der Waals surface area contributed by atoms with E-state index in [4.69, 9.17) is 0 Å². The molecule has 1 aliphatic carbocycles. The molecule has 3 rings (SSSR count). The second-order valence-corrected chi connectivity index (χ2v) is 3.93. The van der Waals surface area contributed by atoms with E-state index in [0.29, 0.717) is 6.04 Å². The average molecular weight is 187 g/mol. The third-order valence-corrected chi connectivity index (χ3v) is 2.67. The third-order valence-electron chi connectivity index (χ3n) is 2.67. The first-order valence-corrected chi connectivity index (χ1v) is 5.03. The number of imidazole rings is 1. The van der Waals surface area contributed by atoms with Crippen LogP contribution >= 0.6 is 0 Å². The highest BCUT2D eigenvalue weighted by atomic mass is 15.0. The number of aryl methyl sites for hydroxylation is 1. The first kappa shape index (κ1) is 7.85. The van der Waals surface area contributed by atoms with Crippen LogP contribution in [0.1, 0.15) is 18.7 Å². The molecule has 2 heterocycles. The minimum atomic E-state index is 0.710. The van der Waals surface area contributed by atoms with Crippen molar-refractivity contribution in [3.05, 3.63) is 30.4 Å². The summed E-state index contributed by atoms with van der Waals surface area (Å²) in [5.41, 5.74) is 2.37. The fraction of sp³-hybridized carbons (Fsp3) is 0.364. The first-order chi connectivity index (χ1) is 6.83. The molecule has 0 saturated heterocycles. The molecule has 0 aromatic carbocycles. The summed E-state index contributed by atoms with van der Waals surface area (Å²) in [6.45, 7) is 2.01. The molecular formula is C11H13N3. The molecule has 1 fully saturated rings. The predicted molar refractivity (Wildman–Crippen MR) is 56.6 cm³/mol. The van der Waals surface area contributed by atoms with E-state index in [1.165, 1.54) is 18.5 Å². The minimum absolute atomic E-state index is 0.710. The van der Waals surface area contributed by atoms with Crippen molar-refractivity contribution in [1.29, 1.82) is 0 Å². The highest BCUT2D eigenvalue weighted by Crippen LogP contribution is 2.25. The van der Waals surface area contributed by atoms with E-state index in [-0.39, 0.29) is 0 Å². The highest BCUT2D eigenvalue weighted by molar-refractivity contribution is 5.58. The van der Waals surface area contributed by atoms with E-state index >= 15 is 0 Å². The van der Waals surface area contributed by atoms with Crippen molar-refractivity contribution in [2.45, 2.75) is 25.8 Å². The summed E-state index contributed by atoms with van der Waals surface area (Å²) in [5.74, 6) is 1.04. The molecule has 1 saturated carbocycles. The van der Waals surface area contributed by atoms with E-state index in [0.717, 1.165) is 11.3 Å². The van der Waals surface area contributed by atoms with E-state index in [1.54, 1.807) is 0 Å². The van der Waals surface area contributed by atoms with E-state index in [9.17, 15) is 0 Å². The van der Waals surface area contributed by atoms with Crippen LogP contribution in [0, 0.1) is 6.92 Å². The van der Waals surface area contributed by atoms with Gasteiger partial charge in [0.2, 0.25) is 0 Å². The van der Waals surface area contributed by atoms with Crippen molar-refractivity contribution in [2.24, 2.45) is 0 Å².